The number of hydrogen-bond acceptors (Lipinski definition) is 4. The molecule has 0 radical (unpaired) electrons. The molecule has 0 unspecified atom stereocenters. The molecule has 1 amide bonds. The Hall–Kier alpha value is -2.37. The Bertz CT molecular complexity index is 701. The molecule has 24 heavy (non-hydrogen) atoms. The monoisotopic (exact) mass is 332 g/mol. The zero-order chi connectivity index (χ0) is 16.9. The molecule has 128 valence electrons. The maximum absolute atomic E-state index is 13.2. The van der Waals surface area contributed by atoms with E-state index in [0.717, 1.165) is 12.8 Å². The van der Waals surface area contributed by atoms with Crippen LogP contribution in [0.2, 0.25) is 0 Å². The smallest absolute Gasteiger partial charge is 0.276 e. The average molecular weight is 332 g/mol. The fourth-order valence-corrected chi connectivity index (χ4v) is 3.00. The van der Waals surface area contributed by atoms with E-state index >= 15 is 0 Å². The number of benzene rings is 1. The summed E-state index contributed by atoms with van der Waals surface area (Å²) >= 11 is 0. The number of aromatic nitrogens is 1. The molecule has 2 aromatic rings. The van der Waals surface area contributed by atoms with E-state index in [1.54, 1.807) is 17.0 Å². The predicted octanol–water partition coefficient (Wildman–Crippen LogP) is 3.31. The second-order valence-electron chi connectivity index (χ2n) is 6.01. The minimum absolute atomic E-state index is 0.0870. The fraction of sp³-hybridized carbons (Fsp3) is 0.444. The van der Waals surface area contributed by atoms with Gasteiger partial charge >= 0.3 is 0 Å². The zero-order valence-corrected chi connectivity index (χ0v) is 13.7. The van der Waals surface area contributed by atoms with Crippen LogP contribution in [0.4, 0.5) is 4.39 Å². The lowest BCUT2D eigenvalue weighted by molar-refractivity contribution is 0.0626. The van der Waals surface area contributed by atoms with Crippen molar-refractivity contribution in [3.8, 4) is 5.75 Å². The van der Waals surface area contributed by atoms with Gasteiger partial charge in [0, 0.05) is 31.5 Å². The standard InChI is InChI=1S/C18H21FN2O3/c1-2-16-17(20-12-24-16)18(22)21-8-4-5-13(10-21)11-23-15-7-3-6-14(19)9-15/h3,6-7,9,12-13H,2,4-5,8,10-11H2,1H3/t13-/m0/s1. The lowest BCUT2D eigenvalue weighted by Crippen LogP contribution is -2.42. The Labute approximate surface area is 140 Å². The van der Waals surface area contributed by atoms with Gasteiger partial charge in [-0.2, -0.15) is 0 Å². The van der Waals surface area contributed by atoms with E-state index in [-0.39, 0.29) is 17.6 Å². The summed E-state index contributed by atoms with van der Waals surface area (Å²) in [6.45, 7) is 3.73. The molecule has 0 aliphatic carbocycles. The third-order valence-electron chi connectivity index (χ3n) is 4.25. The second kappa shape index (κ2) is 7.47. The van der Waals surface area contributed by atoms with Gasteiger partial charge in [0.25, 0.3) is 5.91 Å². The normalized spacial score (nSPS) is 17.8. The van der Waals surface area contributed by atoms with Gasteiger partial charge in [-0.1, -0.05) is 13.0 Å². The highest BCUT2D eigenvalue weighted by atomic mass is 19.1. The highest BCUT2D eigenvalue weighted by Gasteiger charge is 2.28. The maximum Gasteiger partial charge on any atom is 0.276 e. The first-order valence-corrected chi connectivity index (χ1v) is 8.27. The summed E-state index contributed by atoms with van der Waals surface area (Å²) < 4.78 is 24.1. The van der Waals surface area contributed by atoms with Crippen LogP contribution in [0.5, 0.6) is 5.75 Å². The number of likely N-dealkylation sites (tertiary alicyclic amines) is 1. The van der Waals surface area contributed by atoms with Gasteiger partial charge in [0.05, 0.1) is 6.61 Å². The predicted molar refractivity (Wildman–Crippen MR) is 86.4 cm³/mol. The largest absolute Gasteiger partial charge is 0.493 e. The molecule has 1 aliphatic heterocycles. The minimum Gasteiger partial charge on any atom is -0.493 e. The van der Waals surface area contributed by atoms with Crippen molar-refractivity contribution >= 4 is 5.91 Å². The van der Waals surface area contributed by atoms with Crippen LogP contribution in [0.25, 0.3) is 0 Å². The van der Waals surface area contributed by atoms with E-state index in [9.17, 15) is 9.18 Å². The quantitative estimate of drug-likeness (QED) is 0.843. The van der Waals surface area contributed by atoms with Crippen molar-refractivity contribution in [3.05, 3.63) is 47.9 Å². The van der Waals surface area contributed by atoms with Crippen LogP contribution in [0, 0.1) is 11.7 Å². The van der Waals surface area contributed by atoms with Crippen molar-refractivity contribution in [2.45, 2.75) is 26.2 Å². The van der Waals surface area contributed by atoms with Crippen molar-refractivity contribution in [2.24, 2.45) is 5.92 Å². The summed E-state index contributed by atoms with van der Waals surface area (Å²) in [5, 5.41) is 0. The number of halogens is 1. The van der Waals surface area contributed by atoms with E-state index < -0.39 is 0 Å². The van der Waals surface area contributed by atoms with Crippen molar-refractivity contribution in [3.63, 3.8) is 0 Å². The number of ether oxygens (including phenoxy) is 1. The molecule has 1 atom stereocenters. The van der Waals surface area contributed by atoms with Crippen molar-refractivity contribution in [1.82, 2.24) is 9.88 Å². The van der Waals surface area contributed by atoms with Gasteiger partial charge < -0.3 is 14.1 Å². The van der Waals surface area contributed by atoms with Crippen LogP contribution in [0.3, 0.4) is 0 Å². The first-order chi connectivity index (χ1) is 11.7. The molecule has 0 bridgehead atoms. The van der Waals surface area contributed by atoms with Crippen LogP contribution < -0.4 is 4.74 Å². The first kappa shape index (κ1) is 16.5. The Balaban J connectivity index is 1.59. The summed E-state index contributed by atoms with van der Waals surface area (Å²) in [6, 6.07) is 6.11. The molecule has 0 N–H and O–H groups in total. The van der Waals surface area contributed by atoms with E-state index in [1.807, 2.05) is 6.92 Å². The number of nitrogens with zero attached hydrogens (tertiary/aromatic N) is 2. The van der Waals surface area contributed by atoms with Crippen LogP contribution in [0.1, 0.15) is 36.0 Å². The van der Waals surface area contributed by atoms with Crippen molar-refractivity contribution < 1.29 is 18.3 Å². The number of carbonyl (C=O) groups excluding carboxylic acids is 1. The summed E-state index contributed by atoms with van der Waals surface area (Å²) in [7, 11) is 0. The lowest BCUT2D eigenvalue weighted by atomic mass is 9.98. The van der Waals surface area contributed by atoms with Gasteiger partial charge in [-0.25, -0.2) is 9.37 Å². The molecule has 3 rings (SSSR count). The third kappa shape index (κ3) is 3.75. The number of aryl methyl sites for hydroxylation is 1. The molecular formula is C18H21FN2O3. The molecule has 6 heteroatoms. The number of rotatable bonds is 5. The Kier molecular flexibility index (Phi) is 5.13. The number of hydrogen-bond donors (Lipinski definition) is 0. The first-order valence-electron chi connectivity index (χ1n) is 8.27. The van der Waals surface area contributed by atoms with Gasteiger partial charge in [-0.15, -0.1) is 0 Å². The highest BCUT2D eigenvalue weighted by molar-refractivity contribution is 5.93. The average Bonchev–Trinajstić information content (AvgIpc) is 3.08. The molecule has 1 aliphatic rings. The van der Waals surface area contributed by atoms with Gasteiger partial charge in [0.1, 0.15) is 17.3 Å². The van der Waals surface area contributed by atoms with E-state index in [2.05, 4.69) is 4.98 Å². The topological polar surface area (TPSA) is 55.6 Å². The SMILES string of the molecule is CCc1ocnc1C(=O)N1CCC[C@H](COc2cccc(F)c2)C1. The summed E-state index contributed by atoms with van der Waals surface area (Å²) in [6.07, 6.45) is 3.86. The number of amides is 1. The molecule has 1 aromatic heterocycles. The molecular weight excluding hydrogens is 311 g/mol. The second-order valence-corrected chi connectivity index (χ2v) is 6.01. The van der Waals surface area contributed by atoms with Crippen LogP contribution in [0.15, 0.2) is 35.1 Å². The molecule has 2 heterocycles. The maximum atomic E-state index is 13.2. The van der Waals surface area contributed by atoms with E-state index in [0.29, 0.717) is 43.3 Å². The van der Waals surface area contributed by atoms with Gasteiger partial charge in [0.2, 0.25) is 0 Å². The minimum atomic E-state index is -0.314. The van der Waals surface area contributed by atoms with Crippen LogP contribution in [-0.2, 0) is 6.42 Å². The third-order valence-corrected chi connectivity index (χ3v) is 4.25. The Morgan fingerprint density at radius 3 is 3.17 bits per heavy atom. The lowest BCUT2D eigenvalue weighted by Gasteiger charge is -2.32. The van der Waals surface area contributed by atoms with Crippen molar-refractivity contribution in [2.75, 3.05) is 19.7 Å². The van der Waals surface area contributed by atoms with Crippen molar-refractivity contribution in [1.29, 1.82) is 0 Å². The van der Waals surface area contributed by atoms with Crippen LogP contribution >= 0.6 is 0 Å². The van der Waals surface area contributed by atoms with Gasteiger partial charge in [0.15, 0.2) is 12.1 Å². The number of piperidine rings is 1. The van der Waals surface area contributed by atoms with Gasteiger partial charge in [-0.05, 0) is 25.0 Å². The highest BCUT2D eigenvalue weighted by Crippen LogP contribution is 2.21. The summed E-state index contributed by atoms with van der Waals surface area (Å²) in [4.78, 5) is 18.5. The number of carbonyl (C=O) groups is 1. The molecule has 1 fully saturated rings. The Morgan fingerprint density at radius 1 is 1.50 bits per heavy atom. The molecule has 1 saturated heterocycles. The zero-order valence-electron chi connectivity index (χ0n) is 13.7. The molecule has 5 nitrogen and oxygen atoms in total. The van der Waals surface area contributed by atoms with E-state index in [4.69, 9.17) is 9.15 Å². The fourth-order valence-electron chi connectivity index (χ4n) is 3.00. The molecule has 1 aromatic carbocycles. The summed E-state index contributed by atoms with van der Waals surface area (Å²) in [5.41, 5.74) is 0.407. The van der Waals surface area contributed by atoms with Crippen LogP contribution in [-0.4, -0.2) is 35.5 Å². The van der Waals surface area contributed by atoms with E-state index in [1.165, 1.54) is 18.5 Å². The van der Waals surface area contributed by atoms with Gasteiger partial charge in [-0.3, -0.25) is 4.79 Å². The molecule has 0 saturated carbocycles. The molecule has 0 spiro atoms. The summed E-state index contributed by atoms with van der Waals surface area (Å²) in [5.74, 6) is 0.964. The number of oxazole rings is 1. The Morgan fingerprint density at radius 2 is 2.38 bits per heavy atom.